The predicted octanol–water partition coefficient (Wildman–Crippen LogP) is 4.08. The molecule has 2 N–H and O–H groups in total. The Labute approximate surface area is 231 Å². The van der Waals surface area contributed by atoms with Crippen LogP contribution in [0.1, 0.15) is 31.9 Å². The third-order valence-electron chi connectivity index (χ3n) is 7.15. The third kappa shape index (κ3) is 5.78. The van der Waals surface area contributed by atoms with Crippen LogP contribution in [0.25, 0.3) is 0 Å². The molecule has 4 rings (SSSR count). The van der Waals surface area contributed by atoms with Gasteiger partial charge < -0.3 is 20.4 Å². The fourth-order valence-corrected chi connectivity index (χ4v) is 5.92. The number of halogens is 2. The minimum Gasteiger partial charge on any atom is -0.339 e. The maximum Gasteiger partial charge on any atom is 0.317 e. The molecular formula is C27H33BrClN5O3. The molecule has 2 aromatic carbocycles. The van der Waals surface area contributed by atoms with Crippen LogP contribution in [0.4, 0.5) is 10.5 Å². The number of fused-ring (bicyclic) bond motifs is 1. The lowest BCUT2D eigenvalue weighted by molar-refractivity contribution is -0.130. The molecule has 0 bridgehead atoms. The number of hydrogen-bond donors (Lipinski definition) is 2. The number of amides is 4. The van der Waals surface area contributed by atoms with Gasteiger partial charge in [0.25, 0.3) is 0 Å². The fourth-order valence-electron chi connectivity index (χ4n) is 5.34. The molecule has 1 atom stereocenters. The minimum absolute atomic E-state index is 0.00976. The van der Waals surface area contributed by atoms with Crippen molar-refractivity contribution in [2.75, 3.05) is 44.6 Å². The topological polar surface area (TPSA) is 85.0 Å². The van der Waals surface area contributed by atoms with Crippen LogP contribution in [0.2, 0.25) is 5.02 Å². The molecule has 2 aromatic rings. The minimum atomic E-state index is -0.966. The van der Waals surface area contributed by atoms with Crippen LogP contribution in [0.15, 0.2) is 46.9 Å². The van der Waals surface area contributed by atoms with Gasteiger partial charge in [-0.1, -0.05) is 45.7 Å². The Kier molecular flexibility index (Phi) is 8.46. The fraction of sp³-hybridized carbons (Fsp3) is 0.444. The molecule has 2 aliphatic rings. The maximum absolute atomic E-state index is 13.8. The molecular weight excluding hydrogens is 558 g/mol. The number of nitrogens with one attached hydrogen (secondary N) is 2. The standard InChI is InChI=1S/C27H33BrClN5O3/c1-18(2)34(10-9-30-26(37)33-13-11-32(12-14-33)19(3)35)27(17-20-5-4-6-22(29)15-20)23-8-7-21(28)16-24(23)31-25(27)36/h4-8,15-16,18H,9-14,17H2,1-3H3,(H,30,37)(H,31,36). The van der Waals surface area contributed by atoms with E-state index < -0.39 is 5.54 Å². The molecule has 0 saturated carbocycles. The monoisotopic (exact) mass is 589 g/mol. The zero-order valence-corrected chi connectivity index (χ0v) is 23.7. The van der Waals surface area contributed by atoms with Crippen LogP contribution < -0.4 is 10.6 Å². The van der Waals surface area contributed by atoms with Crippen molar-refractivity contribution in [1.29, 1.82) is 0 Å². The molecule has 198 valence electrons. The Bertz CT molecular complexity index is 1180. The van der Waals surface area contributed by atoms with E-state index in [0.29, 0.717) is 50.7 Å². The molecule has 37 heavy (non-hydrogen) atoms. The zero-order chi connectivity index (χ0) is 26.7. The number of carbonyl (C=O) groups excluding carboxylic acids is 3. The van der Waals surface area contributed by atoms with Gasteiger partial charge in [0, 0.05) is 79.4 Å². The molecule has 8 nitrogen and oxygen atoms in total. The Hall–Kier alpha value is -2.62. The van der Waals surface area contributed by atoms with E-state index in [4.69, 9.17) is 11.6 Å². The summed E-state index contributed by atoms with van der Waals surface area (Å²) >= 11 is 9.82. The molecule has 0 aliphatic carbocycles. The lowest BCUT2D eigenvalue weighted by atomic mass is 9.82. The number of nitrogens with zero attached hydrogens (tertiary/aromatic N) is 3. The van der Waals surface area contributed by atoms with Crippen molar-refractivity contribution in [2.24, 2.45) is 0 Å². The number of benzene rings is 2. The largest absolute Gasteiger partial charge is 0.339 e. The second kappa shape index (κ2) is 11.4. The van der Waals surface area contributed by atoms with Gasteiger partial charge in [-0.25, -0.2) is 4.79 Å². The smallest absolute Gasteiger partial charge is 0.317 e. The van der Waals surface area contributed by atoms with Gasteiger partial charge in [0.2, 0.25) is 11.8 Å². The van der Waals surface area contributed by atoms with Crippen molar-refractivity contribution in [1.82, 2.24) is 20.0 Å². The maximum atomic E-state index is 13.8. The Morgan fingerprint density at radius 1 is 1.14 bits per heavy atom. The lowest BCUT2D eigenvalue weighted by Gasteiger charge is -2.43. The number of hydrogen-bond acceptors (Lipinski definition) is 4. The number of anilines is 1. The SMILES string of the molecule is CC(=O)N1CCN(C(=O)NCCN(C(C)C)C2(Cc3cccc(Cl)c3)C(=O)Nc3cc(Br)ccc32)CC1. The molecule has 0 spiro atoms. The van der Waals surface area contributed by atoms with Gasteiger partial charge in [-0.05, 0) is 43.7 Å². The highest BCUT2D eigenvalue weighted by Crippen LogP contribution is 2.45. The van der Waals surface area contributed by atoms with Crippen LogP contribution in [0, 0.1) is 0 Å². The molecule has 0 aromatic heterocycles. The third-order valence-corrected chi connectivity index (χ3v) is 7.88. The highest BCUT2D eigenvalue weighted by atomic mass is 79.9. The summed E-state index contributed by atoms with van der Waals surface area (Å²) < 4.78 is 0.887. The lowest BCUT2D eigenvalue weighted by Crippen LogP contribution is -2.58. The van der Waals surface area contributed by atoms with E-state index in [1.54, 1.807) is 16.7 Å². The summed E-state index contributed by atoms with van der Waals surface area (Å²) in [5, 5.41) is 6.74. The number of piperazine rings is 1. The summed E-state index contributed by atoms with van der Waals surface area (Å²) in [7, 11) is 0. The van der Waals surface area contributed by atoms with E-state index in [9.17, 15) is 14.4 Å². The number of urea groups is 1. The second-order valence-corrected chi connectivity index (χ2v) is 11.2. The first-order valence-corrected chi connectivity index (χ1v) is 13.7. The zero-order valence-electron chi connectivity index (χ0n) is 21.4. The van der Waals surface area contributed by atoms with Crippen molar-refractivity contribution in [3.8, 4) is 0 Å². The summed E-state index contributed by atoms with van der Waals surface area (Å²) in [5.74, 6) is -0.0688. The van der Waals surface area contributed by atoms with Crippen molar-refractivity contribution in [3.05, 3.63) is 63.1 Å². The summed E-state index contributed by atoms with van der Waals surface area (Å²) in [6.07, 6.45) is 0.438. The van der Waals surface area contributed by atoms with Gasteiger partial charge in [0.1, 0.15) is 5.54 Å². The van der Waals surface area contributed by atoms with Crippen LogP contribution in [0.5, 0.6) is 0 Å². The highest BCUT2D eigenvalue weighted by molar-refractivity contribution is 9.10. The van der Waals surface area contributed by atoms with E-state index in [0.717, 1.165) is 21.3 Å². The number of carbonyl (C=O) groups is 3. The molecule has 2 heterocycles. The molecule has 0 radical (unpaired) electrons. The van der Waals surface area contributed by atoms with Gasteiger partial charge in [-0.3, -0.25) is 14.5 Å². The first-order valence-electron chi connectivity index (χ1n) is 12.5. The van der Waals surface area contributed by atoms with E-state index >= 15 is 0 Å². The first kappa shape index (κ1) is 27.4. The quantitative estimate of drug-likeness (QED) is 0.509. The van der Waals surface area contributed by atoms with Crippen molar-refractivity contribution < 1.29 is 14.4 Å². The van der Waals surface area contributed by atoms with E-state index in [1.165, 1.54) is 0 Å². The van der Waals surface area contributed by atoms with Gasteiger partial charge in [-0.2, -0.15) is 0 Å². The predicted molar refractivity (Wildman–Crippen MR) is 149 cm³/mol. The van der Waals surface area contributed by atoms with Crippen molar-refractivity contribution in [2.45, 2.75) is 38.8 Å². The van der Waals surface area contributed by atoms with E-state index in [2.05, 4.69) is 45.3 Å². The summed E-state index contributed by atoms with van der Waals surface area (Å²) in [6.45, 7) is 8.60. The normalized spacial score (nSPS) is 19.3. The molecule has 4 amide bonds. The van der Waals surface area contributed by atoms with E-state index in [1.807, 2.05) is 42.5 Å². The number of rotatable bonds is 7. The summed E-state index contributed by atoms with van der Waals surface area (Å²) in [5.41, 5.74) is 1.67. The molecule has 10 heteroatoms. The molecule has 1 saturated heterocycles. The molecule has 2 aliphatic heterocycles. The van der Waals surface area contributed by atoms with Crippen LogP contribution >= 0.6 is 27.5 Å². The Morgan fingerprint density at radius 2 is 1.84 bits per heavy atom. The Balaban J connectivity index is 1.56. The van der Waals surface area contributed by atoms with E-state index in [-0.39, 0.29) is 23.9 Å². The van der Waals surface area contributed by atoms with Gasteiger partial charge in [-0.15, -0.1) is 0 Å². The Morgan fingerprint density at radius 3 is 2.49 bits per heavy atom. The summed E-state index contributed by atoms with van der Waals surface area (Å²) in [6, 6.07) is 13.3. The highest BCUT2D eigenvalue weighted by Gasteiger charge is 2.52. The van der Waals surface area contributed by atoms with Crippen molar-refractivity contribution in [3.63, 3.8) is 0 Å². The van der Waals surface area contributed by atoms with Crippen molar-refractivity contribution >= 4 is 51.1 Å². The van der Waals surface area contributed by atoms with Gasteiger partial charge in [0.05, 0.1) is 0 Å². The van der Waals surface area contributed by atoms with Gasteiger partial charge in [0.15, 0.2) is 0 Å². The van der Waals surface area contributed by atoms with Crippen LogP contribution in [-0.2, 0) is 21.5 Å². The van der Waals surface area contributed by atoms with Crippen LogP contribution in [-0.4, -0.2) is 77.9 Å². The summed E-state index contributed by atoms with van der Waals surface area (Å²) in [4.78, 5) is 43.9. The second-order valence-electron chi connectivity index (χ2n) is 9.82. The molecule has 1 fully saturated rings. The first-order chi connectivity index (χ1) is 17.6. The average Bonchev–Trinajstić information content (AvgIpc) is 3.11. The van der Waals surface area contributed by atoms with Crippen LogP contribution in [0.3, 0.4) is 0 Å². The average molecular weight is 591 g/mol. The molecule has 1 unspecified atom stereocenters. The van der Waals surface area contributed by atoms with Gasteiger partial charge >= 0.3 is 6.03 Å².